The van der Waals surface area contributed by atoms with Gasteiger partial charge in [0.15, 0.2) is 0 Å². The summed E-state index contributed by atoms with van der Waals surface area (Å²) in [6.45, 7) is 11.2. The Hall–Kier alpha value is 0.499. The molecule has 108 valence electrons. The molecule has 0 aromatic heterocycles. The van der Waals surface area contributed by atoms with Gasteiger partial charge in [-0.05, 0) is 0 Å². The predicted molar refractivity (Wildman–Crippen MR) is 85.9 cm³/mol. The predicted octanol–water partition coefficient (Wildman–Crippen LogP) is 5.38. The van der Waals surface area contributed by atoms with Gasteiger partial charge in [0, 0.05) is 0 Å². The Kier molecular flexibility index (Phi) is 11.6. The molecule has 0 heterocycles. The summed E-state index contributed by atoms with van der Waals surface area (Å²) in [6.07, 6.45) is 10.1. The fourth-order valence-electron chi connectivity index (χ4n) is 3.04. The van der Waals surface area contributed by atoms with Crippen molar-refractivity contribution in [1.82, 2.24) is 0 Å². The Labute approximate surface area is 119 Å². The van der Waals surface area contributed by atoms with E-state index in [1.807, 2.05) is 0 Å². The van der Waals surface area contributed by atoms with E-state index in [2.05, 4.69) is 33.4 Å². The van der Waals surface area contributed by atoms with Crippen molar-refractivity contribution in [2.24, 2.45) is 0 Å². The standard InChI is InChI=1S/C4H7O.3C4H9.Sn/c1-2-3-4-5;3*1-3-4-2;/h2-3,5H,1,4H2;3*1,3-4H2,2H3;. The molecule has 1 atom stereocenters. The van der Waals surface area contributed by atoms with Gasteiger partial charge in [0.05, 0.1) is 0 Å². The molecule has 0 saturated heterocycles. The Bertz CT molecular complexity index is 181. The normalized spacial score (nSPS) is 13.6. The fourth-order valence-corrected chi connectivity index (χ4v) is 19.9. The summed E-state index contributed by atoms with van der Waals surface area (Å²) in [7, 11) is 0. The summed E-state index contributed by atoms with van der Waals surface area (Å²) >= 11 is -2.21. The Morgan fingerprint density at radius 2 is 1.33 bits per heavy atom. The maximum absolute atomic E-state index is 9.74. The second-order valence-electron chi connectivity index (χ2n) is 5.70. The first kappa shape index (κ1) is 18.5. The molecule has 2 heteroatoms. The van der Waals surface area contributed by atoms with Crippen LogP contribution in [-0.4, -0.2) is 30.1 Å². The molecule has 0 bridgehead atoms. The van der Waals surface area contributed by atoms with Crippen LogP contribution in [0.3, 0.4) is 0 Å². The molecule has 0 aliphatic heterocycles. The molecular formula is C16H34OSn. The zero-order valence-corrected chi connectivity index (χ0v) is 15.7. The minimum atomic E-state index is -2.21. The van der Waals surface area contributed by atoms with Crippen molar-refractivity contribution < 1.29 is 5.11 Å². The first-order chi connectivity index (χ1) is 8.70. The summed E-state index contributed by atoms with van der Waals surface area (Å²) in [5.41, 5.74) is 0. The zero-order chi connectivity index (χ0) is 13.9. The van der Waals surface area contributed by atoms with Gasteiger partial charge in [0.2, 0.25) is 0 Å². The van der Waals surface area contributed by atoms with Crippen molar-refractivity contribution in [3.63, 3.8) is 0 Å². The Balaban J connectivity index is 4.88. The van der Waals surface area contributed by atoms with Crippen LogP contribution in [0.4, 0.5) is 0 Å². The van der Waals surface area contributed by atoms with Crippen LogP contribution in [0.15, 0.2) is 12.7 Å². The Morgan fingerprint density at radius 3 is 1.56 bits per heavy atom. The van der Waals surface area contributed by atoms with Crippen LogP contribution >= 0.6 is 0 Å². The maximum atomic E-state index is 9.74. The minimum absolute atomic E-state index is 0.358. The van der Waals surface area contributed by atoms with Gasteiger partial charge in [-0.25, -0.2) is 0 Å². The van der Waals surface area contributed by atoms with Crippen LogP contribution in [0, 0.1) is 0 Å². The van der Waals surface area contributed by atoms with Crippen LogP contribution in [0.1, 0.15) is 59.3 Å². The van der Waals surface area contributed by atoms with E-state index >= 15 is 0 Å². The number of hydrogen-bond acceptors (Lipinski definition) is 1. The van der Waals surface area contributed by atoms with Crippen LogP contribution in [0.2, 0.25) is 17.2 Å². The molecule has 0 amide bonds. The number of rotatable bonds is 12. The van der Waals surface area contributed by atoms with Gasteiger partial charge in [-0.3, -0.25) is 0 Å². The second-order valence-corrected chi connectivity index (χ2v) is 19.9. The topological polar surface area (TPSA) is 20.2 Å². The average molecular weight is 361 g/mol. The summed E-state index contributed by atoms with van der Waals surface area (Å²) in [5, 5.41) is 9.74. The molecular weight excluding hydrogens is 327 g/mol. The van der Waals surface area contributed by atoms with Gasteiger partial charge >= 0.3 is 119 Å². The summed E-state index contributed by atoms with van der Waals surface area (Å²) < 4.78 is 4.87. The van der Waals surface area contributed by atoms with E-state index in [0.29, 0.717) is 10.5 Å². The molecule has 1 unspecified atom stereocenters. The summed E-state index contributed by atoms with van der Waals surface area (Å²) in [4.78, 5) is 0. The van der Waals surface area contributed by atoms with E-state index in [1.54, 1.807) is 0 Å². The van der Waals surface area contributed by atoms with Gasteiger partial charge in [0.25, 0.3) is 0 Å². The van der Waals surface area contributed by atoms with Crippen LogP contribution < -0.4 is 0 Å². The van der Waals surface area contributed by atoms with Gasteiger partial charge < -0.3 is 0 Å². The molecule has 1 N–H and O–H groups in total. The quantitative estimate of drug-likeness (QED) is 0.365. The molecule has 0 aromatic carbocycles. The number of aliphatic hydroxyl groups is 1. The zero-order valence-electron chi connectivity index (χ0n) is 12.9. The number of aliphatic hydroxyl groups excluding tert-OH is 1. The van der Waals surface area contributed by atoms with Crippen LogP contribution in [0.5, 0.6) is 0 Å². The van der Waals surface area contributed by atoms with E-state index in [4.69, 9.17) is 0 Å². The molecule has 0 spiro atoms. The molecule has 0 aromatic rings. The van der Waals surface area contributed by atoms with Crippen molar-refractivity contribution in [3.05, 3.63) is 12.7 Å². The molecule has 0 radical (unpaired) electrons. The second kappa shape index (κ2) is 11.3. The number of unbranched alkanes of at least 4 members (excludes halogenated alkanes) is 3. The van der Waals surface area contributed by atoms with E-state index in [-0.39, 0.29) is 0 Å². The van der Waals surface area contributed by atoms with Gasteiger partial charge in [-0.2, -0.15) is 0 Å². The van der Waals surface area contributed by atoms with Crippen molar-refractivity contribution in [2.45, 2.75) is 76.5 Å². The molecule has 0 fully saturated rings. The molecule has 0 rings (SSSR count). The fraction of sp³-hybridized carbons (Fsp3) is 0.875. The van der Waals surface area contributed by atoms with Crippen molar-refractivity contribution in [1.29, 1.82) is 0 Å². The van der Waals surface area contributed by atoms with Crippen molar-refractivity contribution >= 4 is 18.4 Å². The molecule has 0 saturated carbocycles. The Morgan fingerprint density at radius 1 is 0.944 bits per heavy atom. The van der Waals surface area contributed by atoms with Gasteiger partial charge in [-0.15, -0.1) is 0 Å². The van der Waals surface area contributed by atoms with E-state index < -0.39 is 18.4 Å². The van der Waals surface area contributed by atoms with E-state index in [9.17, 15) is 5.11 Å². The SMILES string of the molecule is C=C[CH](CO)[Sn]([CH2]CCC)([CH2]CCC)[CH2]CCC. The average Bonchev–Trinajstić information content (AvgIpc) is 2.41. The molecule has 18 heavy (non-hydrogen) atoms. The summed E-state index contributed by atoms with van der Waals surface area (Å²) in [5.74, 6) is 0. The third-order valence-corrected chi connectivity index (χ3v) is 21.6. The van der Waals surface area contributed by atoms with E-state index in [0.717, 1.165) is 0 Å². The monoisotopic (exact) mass is 362 g/mol. The molecule has 1 nitrogen and oxygen atoms in total. The van der Waals surface area contributed by atoms with Gasteiger partial charge in [-0.1, -0.05) is 0 Å². The van der Waals surface area contributed by atoms with Gasteiger partial charge in [0.1, 0.15) is 0 Å². The molecule has 0 aliphatic rings. The molecule has 0 aliphatic carbocycles. The third kappa shape index (κ3) is 6.10. The first-order valence-electron chi connectivity index (χ1n) is 7.94. The third-order valence-electron chi connectivity index (χ3n) is 4.35. The van der Waals surface area contributed by atoms with Crippen LogP contribution in [-0.2, 0) is 0 Å². The first-order valence-corrected chi connectivity index (χ1v) is 15.6. The summed E-state index contributed by atoms with van der Waals surface area (Å²) in [6, 6.07) is 0. The van der Waals surface area contributed by atoms with Crippen molar-refractivity contribution in [3.8, 4) is 0 Å². The van der Waals surface area contributed by atoms with Crippen LogP contribution in [0.25, 0.3) is 0 Å². The van der Waals surface area contributed by atoms with Crippen molar-refractivity contribution in [2.75, 3.05) is 6.61 Å². The van der Waals surface area contributed by atoms with E-state index in [1.165, 1.54) is 51.8 Å². The number of hydrogen-bond donors (Lipinski definition) is 1.